The van der Waals surface area contributed by atoms with Crippen molar-refractivity contribution in [1.82, 2.24) is 25.1 Å². The van der Waals surface area contributed by atoms with Crippen molar-refractivity contribution in [3.05, 3.63) is 40.7 Å². The maximum atomic E-state index is 12.5. The van der Waals surface area contributed by atoms with Crippen molar-refractivity contribution in [2.75, 3.05) is 17.9 Å². The quantitative estimate of drug-likeness (QED) is 0.492. The van der Waals surface area contributed by atoms with Gasteiger partial charge in [-0.2, -0.15) is 0 Å². The number of ether oxygens (including phenoxy) is 2. The lowest BCUT2D eigenvalue weighted by atomic mass is 10.2. The predicted molar refractivity (Wildman–Crippen MR) is 116 cm³/mol. The Bertz CT molecular complexity index is 1110. The first-order valence-electron chi connectivity index (χ1n) is 9.48. The van der Waals surface area contributed by atoms with Gasteiger partial charge in [0.2, 0.25) is 12.7 Å². The van der Waals surface area contributed by atoms with E-state index in [1.54, 1.807) is 18.2 Å². The molecule has 1 aliphatic rings. The van der Waals surface area contributed by atoms with Gasteiger partial charge in [0.1, 0.15) is 0 Å². The van der Waals surface area contributed by atoms with Gasteiger partial charge in [0, 0.05) is 17.5 Å². The molecule has 3 heterocycles. The van der Waals surface area contributed by atoms with E-state index in [0.717, 1.165) is 5.69 Å². The van der Waals surface area contributed by atoms with Crippen LogP contribution in [-0.4, -0.2) is 44.1 Å². The van der Waals surface area contributed by atoms with Gasteiger partial charge in [-0.15, -0.1) is 21.5 Å². The molecule has 0 spiro atoms. The Morgan fingerprint density at radius 2 is 2.10 bits per heavy atom. The van der Waals surface area contributed by atoms with Crippen LogP contribution in [0, 0.1) is 6.92 Å². The second-order valence-electron chi connectivity index (χ2n) is 6.52. The highest BCUT2D eigenvalue weighted by Gasteiger charge is 2.18. The van der Waals surface area contributed by atoms with Gasteiger partial charge in [0.15, 0.2) is 27.6 Å². The molecule has 2 N–H and O–H groups in total. The van der Waals surface area contributed by atoms with Gasteiger partial charge < -0.3 is 24.7 Å². The highest BCUT2D eigenvalue weighted by Crippen LogP contribution is 2.32. The molecular weight excluding hydrogens is 440 g/mol. The Morgan fingerprint density at radius 1 is 1.26 bits per heavy atom. The van der Waals surface area contributed by atoms with Crippen molar-refractivity contribution in [3.63, 3.8) is 0 Å². The number of nitrogens with one attached hydrogen (secondary N) is 2. The van der Waals surface area contributed by atoms with Crippen LogP contribution in [0.5, 0.6) is 11.5 Å². The number of nitrogens with zero attached hydrogens (tertiary/aromatic N) is 4. The van der Waals surface area contributed by atoms with Crippen LogP contribution in [0.4, 0.5) is 5.13 Å². The zero-order valence-corrected chi connectivity index (χ0v) is 18.5. The Labute approximate surface area is 186 Å². The van der Waals surface area contributed by atoms with Gasteiger partial charge in [0.05, 0.1) is 18.0 Å². The number of thioether (sulfide) groups is 1. The van der Waals surface area contributed by atoms with Crippen molar-refractivity contribution < 1.29 is 19.1 Å². The molecule has 0 aliphatic carbocycles. The lowest BCUT2D eigenvalue weighted by Crippen LogP contribution is -2.24. The third kappa shape index (κ3) is 4.97. The average Bonchev–Trinajstić information content (AvgIpc) is 3.49. The van der Waals surface area contributed by atoms with E-state index in [2.05, 4.69) is 25.8 Å². The first kappa shape index (κ1) is 21.1. The molecule has 3 aromatic rings. The minimum absolute atomic E-state index is 0.155. The van der Waals surface area contributed by atoms with E-state index >= 15 is 0 Å². The number of amides is 2. The van der Waals surface area contributed by atoms with Gasteiger partial charge >= 0.3 is 0 Å². The maximum Gasteiger partial charge on any atom is 0.251 e. The predicted octanol–water partition coefficient (Wildman–Crippen LogP) is 2.45. The Hall–Kier alpha value is -3.12. The third-order valence-corrected chi connectivity index (χ3v) is 6.19. The fourth-order valence-corrected chi connectivity index (χ4v) is 4.40. The zero-order chi connectivity index (χ0) is 21.8. The summed E-state index contributed by atoms with van der Waals surface area (Å²) in [5.74, 6) is 1.54. The lowest BCUT2D eigenvalue weighted by molar-refractivity contribution is -0.113. The standard InChI is InChI=1S/C19H20N6O4S2/c1-3-25-15(7-20-17(27)12-4-5-13-14(6-12)29-10-28-13)23-24-19(25)31-9-16(26)22-18-21-11(2)8-30-18/h4-6,8H,3,7,9-10H2,1-2H3,(H,20,27)(H,21,22,26). The van der Waals surface area contributed by atoms with Crippen LogP contribution in [0.2, 0.25) is 0 Å². The monoisotopic (exact) mass is 460 g/mol. The first-order chi connectivity index (χ1) is 15.0. The highest BCUT2D eigenvalue weighted by molar-refractivity contribution is 7.99. The van der Waals surface area contributed by atoms with Crippen molar-refractivity contribution >= 4 is 40.0 Å². The van der Waals surface area contributed by atoms with Crippen LogP contribution in [-0.2, 0) is 17.9 Å². The normalized spacial score (nSPS) is 12.1. The molecule has 2 amide bonds. The number of hydrogen-bond acceptors (Lipinski definition) is 9. The minimum atomic E-state index is -0.253. The first-order valence-corrected chi connectivity index (χ1v) is 11.3. The van der Waals surface area contributed by atoms with Gasteiger partial charge in [-0.05, 0) is 32.0 Å². The van der Waals surface area contributed by atoms with Crippen LogP contribution in [0.3, 0.4) is 0 Å². The highest BCUT2D eigenvalue weighted by atomic mass is 32.2. The smallest absolute Gasteiger partial charge is 0.251 e. The van der Waals surface area contributed by atoms with E-state index in [1.807, 2.05) is 23.8 Å². The van der Waals surface area contributed by atoms with E-state index in [9.17, 15) is 9.59 Å². The SMILES string of the molecule is CCn1c(CNC(=O)c2ccc3c(c2)OCO3)nnc1SCC(=O)Nc1nc(C)cs1. The third-order valence-electron chi connectivity index (χ3n) is 4.35. The lowest BCUT2D eigenvalue weighted by Gasteiger charge is -2.09. The molecule has 0 saturated heterocycles. The molecule has 2 aromatic heterocycles. The number of carbonyl (C=O) groups is 2. The molecule has 0 unspecified atom stereocenters. The number of aryl methyl sites for hydroxylation is 1. The Kier molecular flexibility index (Phi) is 6.37. The summed E-state index contributed by atoms with van der Waals surface area (Å²) in [5, 5.41) is 17.0. The summed E-state index contributed by atoms with van der Waals surface area (Å²) in [5.41, 5.74) is 1.33. The molecule has 4 rings (SSSR count). The average molecular weight is 461 g/mol. The van der Waals surface area contributed by atoms with Crippen LogP contribution >= 0.6 is 23.1 Å². The summed E-state index contributed by atoms with van der Waals surface area (Å²) in [4.78, 5) is 28.9. The van der Waals surface area contributed by atoms with Gasteiger partial charge in [-0.3, -0.25) is 9.59 Å². The molecule has 1 aliphatic heterocycles. The van der Waals surface area contributed by atoms with Crippen LogP contribution in [0.15, 0.2) is 28.7 Å². The Morgan fingerprint density at radius 3 is 2.87 bits per heavy atom. The number of hydrogen-bond donors (Lipinski definition) is 2. The van der Waals surface area contributed by atoms with E-state index in [4.69, 9.17) is 9.47 Å². The summed E-state index contributed by atoms with van der Waals surface area (Å²) in [6.45, 7) is 4.80. The maximum absolute atomic E-state index is 12.5. The van der Waals surface area contributed by atoms with Crippen LogP contribution in [0.25, 0.3) is 0 Å². The van der Waals surface area contributed by atoms with E-state index in [1.165, 1.54) is 23.1 Å². The second kappa shape index (κ2) is 9.35. The molecular formula is C19H20N6O4S2. The van der Waals surface area contributed by atoms with Gasteiger partial charge in [0.25, 0.3) is 5.91 Å². The topological polar surface area (TPSA) is 120 Å². The summed E-state index contributed by atoms with van der Waals surface area (Å²) in [6, 6.07) is 5.03. The number of anilines is 1. The number of rotatable bonds is 8. The number of thiazole rings is 1. The Balaban J connectivity index is 1.33. The molecule has 1 aromatic carbocycles. The van der Waals surface area contributed by atoms with Crippen molar-refractivity contribution in [2.45, 2.75) is 32.1 Å². The summed E-state index contributed by atoms with van der Waals surface area (Å²) in [6.07, 6.45) is 0. The summed E-state index contributed by atoms with van der Waals surface area (Å²) < 4.78 is 12.4. The molecule has 0 atom stereocenters. The molecule has 12 heteroatoms. The second-order valence-corrected chi connectivity index (χ2v) is 8.33. The van der Waals surface area contributed by atoms with Crippen molar-refractivity contribution in [2.24, 2.45) is 0 Å². The van der Waals surface area contributed by atoms with E-state index in [-0.39, 0.29) is 30.9 Å². The zero-order valence-electron chi connectivity index (χ0n) is 16.9. The minimum Gasteiger partial charge on any atom is -0.454 e. The van der Waals surface area contributed by atoms with E-state index in [0.29, 0.717) is 39.7 Å². The van der Waals surface area contributed by atoms with Crippen molar-refractivity contribution in [3.8, 4) is 11.5 Å². The fourth-order valence-electron chi connectivity index (χ4n) is 2.87. The summed E-state index contributed by atoms with van der Waals surface area (Å²) >= 11 is 2.67. The van der Waals surface area contributed by atoms with Crippen LogP contribution in [0.1, 0.15) is 28.8 Å². The molecule has 0 saturated carbocycles. The largest absolute Gasteiger partial charge is 0.454 e. The van der Waals surface area contributed by atoms with Gasteiger partial charge in [-0.1, -0.05) is 11.8 Å². The number of fused-ring (bicyclic) bond motifs is 1. The number of aromatic nitrogens is 4. The number of carbonyl (C=O) groups excluding carboxylic acids is 2. The number of benzene rings is 1. The molecule has 162 valence electrons. The molecule has 0 bridgehead atoms. The van der Waals surface area contributed by atoms with Gasteiger partial charge in [-0.25, -0.2) is 4.98 Å². The molecule has 0 fully saturated rings. The summed E-state index contributed by atoms with van der Waals surface area (Å²) in [7, 11) is 0. The molecule has 31 heavy (non-hydrogen) atoms. The molecule has 10 nitrogen and oxygen atoms in total. The van der Waals surface area contributed by atoms with Crippen LogP contribution < -0.4 is 20.1 Å². The molecule has 0 radical (unpaired) electrons. The van der Waals surface area contributed by atoms with E-state index < -0.39 is 0 Å². The fraction of sp³-hybridized carbons (Fsp3) is 0.316. The van der Waals surface area contributed by atoms with Crippen molar-refractivity contribution in [1.29, 1.82) is 0 Å².